The second kappa shape index (κ2) is 4.99. The molecule has 0 bridgehead atoms. The molecule has 1 aliphatic rings. The number of halogens is 1. The summed E-state index contributed by atoms with van der Waals surface area (Å²) in [5.74, 6) is 0.782. The number of rotatable bonds is 3. The van der Waals surface area contributed by atoms with Crippen LogP contribution < -0.4 is 10.6 Å². The minimum Gasteiger partial charge on any atom is -0.385 e. The van der Waals surface area contributed by atoms with Crippen molar-refractivity contribution >= 4 is 21.6 Å². The monoisotopic (exact) mass is 268 g/mol. The number of nitrogens with one attached hydrogen (secondary N) is 2. The van der Waals surface area contributed by atoms with E-state index in [1.807, 2.05) is 0 Å². The van der Waals surface area contributed by atoms with E-state index in [-0.39, 0.29) is 0 Å². The fraction of sp³-hybridized carbons (Fsp3) is 0.500. The summed E-state index contributed by atoms with van der Waals surface area (Å²) in [6.07, 6.45) is 1.29. The quantitative estimate of drug-likeness (QED) is 0.881. The predicted octanol–water partition coefficient (Wildman–Crippen LogP) is 2.78. The van der Waals surface area contributed by atoms with Gasteiger partial charge in [0.25, 0.3) is 0 Å². The smallest absolute Gasteiger partial charge is 0.0351 e. The van der Waals surface area contributed by atoms with Crippen LogP contribution in [-0.2, 0) is 0 Å². The molecule has 1 fully saturated rings. The van der Waals surface area contributed by atoms with E-state index in [0.29, 0.717) is 0 Å². The number of aryl methyl sites for hydroxylation is 1. The van der Waals surface area contributed by atoms with E-state index in [1.54, 1.807) is 0 Å². The average Bonchev–Trinajstić information content (AvgIpc) is 2.73. The Kier molecular flexibility index (Phi) is 3.65. The molecule has 0 aliphatic carbocycles. The van der Waals surface area contributed by atoms with Crippen LogP contribution in [-0.4, -0.2) is 19.6 Å². The third-order valence-electron chi connectivity index (χ3n) is 2.93. The summed E-state index contributed by atoms with van der Waals surface area (Å²) in [6, 6.07) is 6.43. The topological polar surface area (TPSA) is 24.1 Å². The molecule has 1 aromatic rings. The van der Waals surface area contributed by atoms with Crippen LogP contribution in [0.1, 0.15) is 12.0 Å². The van der Waals surface area contributed by atoms with Gasteiger partial charge in [0.2, 0.25) is 0 Å². The van der Waals surface area contributed by atoms with Crippen molar-refractivity contribution < 1.29 is 0 Å². The second-order valence-electron chi connectivity index (χ2n) is 4.20. The SMILES string of the molecule is Cc1ccc(NCC2CCNC2)cc1Br. The van der Waals surface area contributed by atoms with Crippen LogP contribution in [0.15, 0.2) is 22.7 Å². The van der Waals surface area contributed by atoms with Crippen molar-refractivity contribution in [2.45, 2.75) is 13.3 Å². The normalized spacial score (nSPS) is 20.5. The summed E-state index contributed by atoms with van der Waals surface area (Å²) in [6.45, 7) is 5.50. The first-order chi connectivity index (χ1) is 7.25. The molecule has 1 aromatic carbocycles. The molecule has 2 N–H and O–H groups in total. The summed E-state index contributed by atoms with van der Waals surface area (Å²) >= 11 is 3.55. The van der Waals surface area contributed by atoms with E-state index < -0.39 is 0 Å². The number of hydrogen-bond donors (Lipinski definition) is 2. The lowest BCUT2D eigenvalue weighted by atomic mass is 10.1. The summed E-state index contributed by atoms with van der Waals surface area (Å²) in [5, 5.41) is 6.86. The van der Waals surface area contributed by atoms with E-state index in [0.717, 1.165) is 19.0 Å². The highest BCUT2D eigenvalue weighted by Crippen LogP contribution is 2.21. The highest BCUT2D eigenvalue weighted by atomic mass is 79.9. The highest BCUT2D eigenvalue weighted by Gasteiger charge is 2.13. The van der Waals surface area contributed by atoms with E-state index in [1.165, 1.54) is 28.7 Å². The van der Waals surface area contributed by atoms with Crippen molar-refractivity contribution in [1.29, 1.82) is 0 Å². The molecule has 0 aromatic heterocycles. The average molecular weight is 269 g/mol. The standard InChI is InChI=1S/C12H17BrN2/c1-9-2-3-11(6-12(9)13)15-8-10-4-5-14-7-10/h2-3,6,10,14-15H,4-5,7-8H2,1H3. The van der Waals surface area contributed by atoms with E-state index >= 15 is 0 Å². The molecule has 0 spiro atoms. The van der Waals surface area contributed by atoms with Gasteiger partial charge in [-0.3, -0.25) is 0 Å². The summed E-state index contributed by atoms with van der Waals surface area (Å²) in [4.78, 5) is 0. The Hall–Kier alpha value is -0.540. The molecule has 1 heterocycles. The first kappa shape index (κ1) is 11.0. The largest absolute Gasteiger partial charge is 0.385 e. The lowest BCUT2D eigenvalue weighted by Crippen LogP contribution is -2.17. The zero-order valence-electron chi connectivity index (χ0n) is 9.02. The summed E-state index contributed by atoms with van der Waals surface area (Å²) in [5.41, 5.74) is 2.49. The van der Waals surface area contributed by atoms with Crippen LogP contribution in [0.25, 0.3) is 0 Å². The maximum atomic E-state index is 3.55. The first-order valence-corrected chi connectivity index (χ1v) is 6.26. The summed E-state index contributed by atoms with van der Waals surface area (Å²) < 4.78 is 1.18. The molecule has 0 saturated carbocycles. The number of benzene rings is 1. The highest BCUT2D eigenvalue weighted by molar-refractivity contribution is 9.10. The Morgan fingerprint density at radius 1 is 1.53 bits per heavy atom. The fourth-order valence-corrected chi connectivity index (χ4v) is 2.23. The van der Waals surface area contributed by atoms with Crippen LogP contribution in [0, 0.1) is 12.8 Å². The minimum absolute atomic E-state index is 0.782. The molecule has 2 nitrogen and oxygen atoms in total. The van der Waals surface area contributed by atoms with Gasteiger partial charge in [-0.1, -0.05) is 22.0 Å². The zero-order chi connectivity index (χ0) is 10.7. The van der Waals surface area contributed by atoms with Gasteiger partial charge in [0.15, 0.2) is 0 Å². The van der Waals surface area contributed by atoms with Gasteiger partial charge in [-0.15, -0.1) is 0 Å². The third kappa shape index (κ3) is 2.95. The molecule has 0 radical (unpaired) electrons. The lowest BCUT2D eigenvalue weighted by molar-refractivity contribution is 0.615. The Morgan fingerprint density at radius 3 is 3.07 bits per heavy atom. The zero-order valence-corrected chi connectivity index (χ0v) is 10.6. The Bertz CT molecular complexity index is 332. The van der Waals surface area contributed by atoms with Crippen molar-refractivity contribution in [3.8, 4) is 0 Å². The Balaban J connectivity index is 1.90. The van der Waals surface area contributed by atoms with Crippen molar-refractivity contribution in [2.75, 3.05) is 25.0 Å². The van der Waals surface area contributed by atoms with Crippen LogP contribution in [0.2, 0.25) is 0 Å². The van der Waals surface area contributed by atoms with Gasteiger partial charge in [-0.25, -0.2) is 0 Å². The van der Waals surface area contributed by atoms with Gasteiger partial charge in [0, 0.05) is 16.7 Å². The predicted molar refractivity (Wildman–Crippen MR) is 68.3 cm³/mol. The van der Waals surface area contributed by atoms with Gasteiger partial charge in [-0.2, -0.15) is 0 Å². The fourth-order valence-electron chi connectivity index (χ4n) is 1.85. The van der Waals surface area contributed by atoms with Gasteiger partial charge >= 0.3 is 0 Å². The van der Waals surface area contributed by atoms with Gasteiger partial charge < -0.3 is 10.6 Å². The molecule has 15 heavy (non-hydrogen) atoms. The van der Waals surface area contributed by atoms with Crippen LogP contribution in [0.3, 0.4) is 0 Å². The molecule has 1 aliphatic heterocycles. The van der Waals surface area contributed by atoms with Crippen LogP contribution in [0.4, 0.5) is 5.69 Å². The van der Waals surface area contributed by atoms with E-state index in [9.17, 15) is 0 Å². The van der Waals surface area contributed by atoms with Gasteiger partial charge in [0.05, 0.1) is 0 Å². The summed E-state index contributed by atoms with van der Waals surface area (Å²) in [7, 11) is 0. The second-order valence-corrected chi connectivity index (χ2v) is 5.06. The van der Waals surface area contributed by atoms with Crippen LogP contribution >= 0.6 is 15.9 Å². The maximum Gasteiger partial charge on any atom is 0.0351 e. The molecule has 1 atom stereocenters. The van der Waals surface area contributed by atoms with Gasteiger partial charge in [-0.05, 0) is 50.0 Å². The maximum absolute atomic E-state index is 3.55. The van der Waals surface area contributed by atoms with Crippen LogP contribution in [0.5, 0.6) is 0 Å². The molecule has 1 unspecified atom stereocenters. The van der Waals surface area contributed by atoms with Crippen molar-refractivity contribution in [3.63, 3.8) is 0 Å². The molecular weight excluding hydrogens is 252 g/mol. The van der Waals surface area contributed by atoms with Gasteiger partial charge in [0.1, 0.15) is 0 Å². The van der Waals surface area contributed by atoms with E-state index in [4.69, 9.17) is 0 Å². The number of hydrogen-bond acceptors (Lipinski definition) is 2. The van der Waals surface area contributed by atoms with Crippen molar-refractivity contribution in [3.05, 3.63) is 28.2 Å². The Labute approximate surface area is 99.6 Å². The van der Waals surface area contributed by atoms with Crippen molar-refractivity contribution in [1.82, 2.24) is 5.32 Å². The van der Waals surface area contributed by atoms with E-state index in [2.05, 4.69) is 51.7 Å². The lowest BCUT2D eigenvalue weighted by Gasteiger charge is -2.12. The molecule has 1 saturated heterocycles. The first-order valence-electron chi connectivity index (χ1n) is 5.46. The Morgan fingerprint density at radius 2 is 2.40 bits per heavy atom. The minimum atomic E-state index is 0.782. The molecule has 3 heteroatoms. The third-order valence-corrected chi connectivity index (χ3v) is 3.78. The molecule has 2 rings (SSSR count). The van der Waals surface area contributed by atoms with Crippen molar-refractivity contribution in [2.24, 2.45) is 5.92 Å². The molecule has 82 valence electrons. The molecular formula is C12H17BrN2. The number of anilines is 1. The molecule has 0 amide bonds.